The van der Waals surface area contributed by atoms with Gasteiger partial charge in [-0.1, -0.05) is 51.2 Å². The summed E-state index contributed by atoms with van der Waals surface area (Å²) in [4.78, 5) is 0.315. The van der Waals surface area contributed by atoms with Crippen molar-refractivity contribution in [1.82, 2.24) is 4.31 Å². The number of sulfonamides is 1. The summed E-state index contributed by atoms with van der Waals surface area (Å²) in [6, 6.07) is 7.36. The summed E-state index contributed by atoms with van der Waals surface area (Å²) in [5.41, 5.74) is 7.22. The van der Waals surface area contributed by atoms with Gasteiger partial charge in [-0.2, -0.15) is 0 Å². The molecule has 0 radical (unpaired) electrons. The van der Waals surface area contributed by atoms with Gasteiger partial charge >= 0.3 is 0 Å². The van der Waals surface area contributed by atoms with E-state index in [1.807, 2.05) is 45.0 Å². The molecular formula is C15H24N2O2S2. The van der Waals surface area contributed by atoms with Crippen LogP contribution in [0.5, 0.6) is 0 Å². The van der Waals surface area contributed by atoms with Crippen molar-refractivity contribution in [3.05, 3.63) is 35.4 Å². The summed E-state index contributed by atoms with van der Waals surface area (Å²) in [6.45, 7) is 6.43. The van der Waals surface area contributed by atoms with Gasteiger partial charge in [-0.15, -0.1) is 0 Å². The van der Waals surface area contributed by atoms with Crippen LogP contribution < -0.4 is 5.73 Å². The fourth-order valence-electron chi connectivity index (χ4n) is 1.77. The van der Waals surface area contributed by atoms with Gasteiger partial charge in [-0.05, 0) is 23.5 Å². The first-order chi connectivity index (χ1) is 9.51. The van der Waals surface area contributed by atoms with Crippen LogP contribution >= 0.6 is 12.2 Å². The van der Waals surface area contributed by atoms with Crippen molar-refractivity contribution in [2.45, 2.75) is 33.7 Å². The number of hydrogen-bond donors (Lipinski definition) is 1. The van der Waals surface area contributed by atoms with E-state index >= 15 is 0 Å². The lowest BCUT2D eigenvalue weighted by molar-refractivity contribution is 0.388. The minimum absolute atomic E-state index is 0.000433. The molecule has 0 unspecified atom stereocenters. The molecule has 0 aliphatic carbocycles. The molecule has 6 heteroatoms. The molecule has 0 saturated heterocycles. The Hall–Kier alpha value is -0.980. The minimum atomic E-state index is -3.26. The topological polar surface area (TPSA) is 63.4 Å². The van der Waals surface area contributed by atoms with Crippen LogP contribution in [0.15, 0.2) is 24.3 Å². The van der Waals surface area contributed by atoms with Gasteiger partial charge in [0, 0.05) is 19.2 Å². The van der Waals surface area contributed by atoms with E-state index in [0.29, 0.717) is 18.0 Å². The first-order valence-corrected chi connectivity index (χ1v) is 8.86. The molecule has 1 aromatic carbocycles. The van der Waals surface area contributed by atoms with E-state index in [1.54, 1.807) is 7.05 Å². The number of nitrogens with two attached hydrogens (primary N) is 1. The zero-order valence-corrected chi connectivity index (χ0v) is 14.7. The Morgan fingerprint density at radius 1 is 1.33 bits per heavy atom. The van der Waals surface area contributed by atoms with Crippen LogP contribution in [-0.4, -0.2) is 30.5 Å². The van der Waals surface area contributed by atoms with E-state index in [0.717, 1.165) is 11.1 Å². The Balaban J connectivity index is 2.78. The highest BCUT2D eigenvalue weighted by Gasteiger charge is 2.21. The Bertz CT molecular complexity index is 604. The van der Waals surface area contributed by atoms with E-state index in [1.165, 1.54) is 4.31 Å². The second-order valence-corrected chi connectivity index (χ2v) is 9.08. The zero-order valence-electron chi connectivity index (χ0n) is 13.1. The summed E-state index contributed by atoms with van der Waals surface area (Å²) < 4.78 is 25.9. The standard InChI is InChI=1S/C15H24N2O2S2/c1-15(2,3)8-9-21(18,19)17(4)11-12-6-5-7-13(10-12)14(16)20/h5-7,10H,8-9,11H2,1-4H3,(H2,16,20). The van der Waals surface area contributed by atoms with E-state index in [2.05, 4.69) is 0 Å². The summed E-state index contributed by atoms with van der Waals surface area (Å²) in [5, 5.41) is 0. The second-order valence-electron chi connectivity index (χ2n) is 6.45. The van der Waals surface area contributed by atoms with E-state index in [4.69, 9.17) is 18.0 Å². The highest BCUT2D eigenvalue weighted by atomic mass is 32.2. The van der Waals surface area contributed by atoms with Crippen LogP contribution in [0, 0.1) is 5.41 Å². The third kappa shape index (κ3) is 6.11. The maximum absolute atomic E-state index is 12.3. The predicted molar refractivity (Wildman–Crippen MR) is 91.7 cm³/mol. The van der Waals surface area contributed by atoms with Crippen molar-refractivity contribution in [3.63, 3.8) is 0 Å². The van der Waals surface area contributed by atoms with Crippen molar-refractivity contribution >= 4 is 27.2 Å². The molecule has 0 aromatic heterocycles. The SMILES string of the molecule is CN(Cc1cccc(C(N)=S)c1)S(=O)(=O)CCC(C)(C)C. The third-order valence-electron chi connectivity index (χ3n) is 3.20. The van der Waals surface area contributed by atoms with Gasteiger partial charge in [0.05, 0.1) is 5.75 Å². The molecule has 21 heavy (non-hydrogen) atoms. The average Bonchev–Trinajstić information content (AvgIpc) is 2.36. The monoisotopic (exact) mass is 328 g/mol. The number of thiocarbonyl (C=S) groups is 1. The second kappa shape index (κ2) is 6.85. The first kappa shape index (κ1) is 18.1. The fraction of sp³-hybridized carbons (Fsp3) is 0.533. The van der Waals surface area contributed by atoms with Crippen molar-refractivity contribution < 1.29 is 8.42 Å². The number of benzene rings is 1. The molecule has 0 amide bonds. The van der Waals surface area contributed by atoms with Gasteiger partial charge in [-0.25, -0.2) is 12.7 Å². The maximum Gasteiger partial charge on any atom is 0.214 e. The molecule has 0 saturated carbocycles. The highest BCUT2D eigenvalue weighted by molar-refractivity contribution is 7.89. The Labute approximate surface area is 133 Å². The van der Waals surface area contributed by atoms with Crippen molar-refractivity contribution in [1.29, 1.82) is 0 Å². The molecule has 0 bridgehead atoms. The molecular weight excluding hydrogens is 304 g/mol. The van der Waals surface area contributed by atoms with Crippen molar-refractivity contribution in [2.75, 3.05) is 12.8 Å². The molecule has 1 aromatic rings. The molecule has 118 valence electrons. The molecule has 0 aliphatic heterocycles. The van der Waals surface area contributed by atoms with Gasteiger partial charge in [0.1, 0.15) is 4.99 Å². The Kier molecular flexibility index (Phi) is 5.90. The lowest BCUT2D eigenvalue weighted by atomic mass is 9.94. The van der Waals surface area contributed by atoms with Gasteiger partial charge in [0.2, 0.25) is 10.0 Å². The molecule has 2 N–H and O–H groups in total. The van der Waals surface area contributed by atoms with Crippen LogP contribution in [0.25, 0.3) is 0 Å². The smallest absolute Gasteiger partial charge is 0.214 e. The van der Waals surface area contributed by atoms with Crippen LogP contribution in [0.3, 0.4) is 0 Å². The Morgan fingerprint density at radius 2 is 1.95 bits per heavy atom. The summed E-state index contributed by atoms with van der Waals surface area (Å²) >= 11 is 4.94. The normalized spacial score (nSPS) is 12.6. The molecule has 1 rings (SSSR count). The van der Waals surface area contributed by atoms with Crippen LogP contribution in [0.4, 0.5) is 0 Å². The first-order valence-electron chi connectivity index (χ1n) is 6.84. The van der Waals surface area contributed by atoms with E-state index in [-0.39, 0.29) is 11.2 Å². The largest absolute Gasteiger partial charge is 0.389 e. The highest BCUT2D eigenvalue weighted by Crippen LogP contribution is 2.20. The van der Waals surface area contributed by atoms with Crippen LogP contribution in [0.1, 0.15) is 38.3 Å². The van der Waals surface area contributed by atoms with Crippen LogP contribution in [-0.2, 0) is 16.6 Å². The average molecular weight is 329 g/mol. The van der Waals surface area contributed by atoms with Crippen molar-refractivity contribution in [3.8, 4) is 0 Å². The fourth-order valence-corrected chi connectivity index (χ4v) is 3.42. The minimum Gasteiger partial charge on any atom is -0.389 e. The van der Waals surface area contributed by atoms with Gasteiger partial charge < -0.3 is 5.73 Å². The van der Waals surface area contributed by atoms with Gasteiger partial charge in [-0.3, -0.25) is 0 Å². The molecule has 0 aliphatic rings. The number of hydrogen-bond acceptors (Lipinski definition) is 3. The van der Waals surface area contributed by atoms with Gasteiger partial charge in [0.15, 0.2) is 0 Å². The maximum atomic E-state index is 12.3. The number of rotatable bonds is 6. The molecule has 4 nitrogen and oxygen atoms in total. The van der Waals surface area contributed by atoms with E-state index < -0.39 is 10.0 Å². The zero-order chi connectivity index (χ0) is 16.3. The molecule has 0 fully saturated rings. The van der Waals surface area contributed by atoms with Crippen molar-refractivity contribution in [2.24, 2.45) is 11.1 Å². The Morgan fingerprint density at radius 3 is 2.48 bits per heavy atom. The lowest BCUT2D eigenvalue weighted by Gasteiger charge is -2.22. The van der Waals surface area contributed by atoms with E-state index in [9.17, 15) is 8.42 Å². The molecule has 0 heterocycles. The van der Waals surface area contributed by atoms with Crippen LogP contribution in [0.2, 0.25) is 0 Å². The molecule has 0 atom stereocenters. The summed E-state index contributed by atoms with van der Waals surface area (Å²) in [7, 11) is -1.65. The third-order valence-corrected chi connectivity index (χ3v) is 5.24. The van der Waals surface area contributed by atoms with Gasteiger partial charge in [0.25, 0.3) is 0 Å². The predicted octanol–water partition coefficient (Wildman–Crippen LogP) is 2.52. The quantitative estimate of drug-likeness (QED) is 0.815. The number of nitrogens with zero attached hydrogens (tertiary/aromatic N) is 1. The summed E-state index contributed by atoms with van der Waals surface area (Å²) in [6.07, 6.45) is 0.632. The summed E-state index contributed by atoms with van der Waals surface area (Å²) in [5.74, 6) is 0.155. The molecule has 0 spiro atoms. The lowest BCUT2D eigenvalue weighted by Crippen LogP contribution is -2.30.